The van der Waals surface area contributed by atoms with Crippen molar-refractivity contribution < 1.29 is 0 Å². The van der Waals surface area contributed by atoms with Crippen LogP contribution in [-0.2, 0) is 6.42 Å². The van der Waals surface area contributed by atoms with Gasteiger partial charge >= 0.3 is 0 Å². The Morgan fingerprint density at radius 1 is 1.25 bits per heavy atom. The second-order valence-corrected chi connectivity index (χ2v) is 4.64. The lowest BCUT2D eigenvalue weighted by molar-refractivity contribution is 0.511. The fourth-order valence-corrected chi connectivity index (χ4v) is 2.15. The number of benzene rings is 1. The molecular weight excluding hydrogens is 196 g/mol. The minimum absolute atomic E-state index is 0.283. The van der Waals surface area contributed by atoms with Gasteiger partial charge in [-0.25, -0.2) is 0 Å². The van der Waals surface area contributed by atoms with E-state index in [0.717, 1.165) is 18.5 Å². The maximum absolute atomic E-state index is 6.37. The Kier molecular flexibility index (Phi) is 2.84. The molecule has 2 rings (SSSR count). The first-order valence-electron chi connectivity index (χ1n) is 5.56. The summed E-state index contributed by atoms with van der Waals surface area (Å²) in [5.74, 6) is 0. The molecule has 2 nitrogen and oxygen atoms in total. The quantitative estimate of drug-likeness (QED) is 0.792. The molecule has 1 unspecified atom stereocenters. The Balaban J connectivity index is 2.15. The number of nitrogens with two attached hydrogens (primary N) is 2. The minimum Gasteiger partial charge on any atom is -0.399 e. The van der Waals surface area contributed by atoms with Gasteiger partial charge in [0.2, 0.25) is 0 Å². The summed E-state index contributed by atoms with van der Waals surface area (Å²) in [6.07, 6.45) is 5.66. The number of hydrogen-bond acceptors (Lipinski definition) is 2. The second kappa shape index (κ2) is 4.14. The van der Waals surface area contributed by atoms with Gasteiger partial charge in [0.05, 0.1) is 0 Å². The van der Waals surface area contributed by atoms with Gasteiger partial charge in [-0.3, -0.25) is 0 Å². The van der Waals surface area contributed by atoms with E-state index < -0.39 is 0 Å². The van der Waals surface area contributed by atoms with Crippen molar-refractivity contribution >= 4 is 0 Å². The summed E-state index contributed by atoms with van der Waals surface area (Å²) in [5.41, 5.74) is 15.2. The fraction of sp³-hybridized carbons (Fsp3) is 0.286. The van der Waals surface area contributed by atoms with E-state index in [9.17, 15) is 0 Å². The summed E-state index contributed by atoms with van der Waals surface area (Å²) in [6.45, 7) is 2.05. The Morgan fingerprint density at radius 3 is 2.56 bits per heavy atom. The highest BCUT2D eigenvalue weighted by Gasteiger charge is 2.25. The molecule has 0 amide bonds. The van der Waals surface area contributed by atoms with Gasteiger partial charge in [-0.15, -0.1) is 0 Å². The van der Waals surface area contributed by atoms with Crippen molar-refractivity contribution in [2.24, 2.45) is 11.5 Å². The van der Waals surface area contributed by atoms with E-state index in [2.05, 4.69) is 12.1 Å². The van der Waals surface area contributed by atoms with Gasteiger partial charge in [-0.2, -0.15) is 0 Å². The standard InChI is InChI=1S/C14H18N2/c1-11-9-14(16,8-7-13(11)15)10-12-5-3-2-4-6-12/h2-8H,9-10,15-16H2,1H3. The van der Waals surface area contributed by atoms with E-state index in [1.54, 1.807) is 0 Å². The van der Waals surface area contributed by atoms with Crippen LogP contribution >= 0.6 is 0 Å². The molecule has 0 fully saturated rings. The van der Waals surface area contributed by atoms with E-state index in [-0.39, 0.29) is 5.54 Å². The predicted molar refractivity (Wildman–Crippen MR) is 67.7 cm³/mol. The molecule has 84 valence electrons. The highest BCUT2D eigenvalue weighted by Crippen LogP contribution is 2.26. The lowest BCUT2D eigenvalue weighted by Crippen LogP contribution is -2.42. The highest BCUT2D eigenvalue weighted by atomic mass is 14.7. The molecule has 0 aromatic heterocycles. The van der Waals surface area contributed by atoms with E-state index in [0.29, 0.717) is 0 Å². The normalized spacial score (nSPS) is 24.9. The van der Waals surface area contributed by atoms with Crippen LogP contribution in [0.25, 0.3) is 0 Å². The predicted octanol–water partition coefficient (Wildman–Crippen LogP) is 2.12. The lowest BCUT2D eigenvalue weighted by atomic mass is 9.82. The topological polar surface area (TPSA) is 52.0 Å². The molecule has 0 saturated heterocycles. The molecule has 2 heteroatoms. The van der Waals surface area contributed by atoms with Gasteiger partial charge in [0.25, 0.3) is 0 Å². The average molecular weight is 214 g/mol. The SMILES string of the molecule is CC1=C(N)C=CC(N)(Cc2ccccc2)C1. The second-order valence-electron chi connectivity index (χ2n) is 4.64. The summed E-state index contributed by atoms with van der Waals surface area (Å²) in [5, 5.41) is 0. The zero-order valence-corrected chi connectivity index (χ0v) is 9.61. The van der Waals surface area contributed by atoms with Crippen LogP contribution in [0.1, 0.15) is 18.9 Å². The van der Waals surface area contributed by atoms with Crippen molar-refractivity contribution in [2.75, 3.05) is 0 Å². The maximum atomic E-state index is 6.37. The molecule has 4 N–H and O–H groups in total. The molecule has 0 bridgehead atoms. The fourth-order valence-electron chi connectivity index (χ4n) is 2.15. The van der Waals surface area contributed by atoms with E-state index in [1.165, 1.54) is 11.1 Å². The van der Waals surface area contributed by atoms with Crippen molar-refractivity contribution in [3.05, 3.63) is 59.3 Å². The first kappa shape index (κ1) is 11.0. The Labute approximate surface area is 96.6 Å². The molecule has 1 aromatic rings. The third-order valence-corrected chi connectivity index (χ3v) is 3.06. The molecule has 1 aliphatic rings. The minimum atomic E-state index is -0.283. The van der Waals surface area contributed by atoms with Gasteiger partial charge in [-0.1, -0.05) is 36.4 Å². The van der Waals surface area contributed by atoms with Crippen molar-refractivity contribution in [2.45, 2.75) is 25.3 Å². The molecular formula is C14H18N2. The zero-order valence-electron chi connectivity index (χ0n) is 9.61. The van der Waals surface area contributed by atoms with Crippen LogP contribution in [0.3, 0.4) is 0 Å². The Hall–Kier alpha value is -1.54. The molecule has 0 heterocycles. The molecule has 0 spiro atoms. The van der Waals surface area contributed by atoms with E-state index in [1.807, 2.05) is 37.3 Å². The van der Waals surface area contributed by atoms with Crippen LogP contribution in [-0.4, -0.2) is 5.54 Å². The maximum Gasteiger partial charge on any atom is 0.0422 e. The monoisotopic (exact) mass is 214 g/mol. The van der Waals surface area contributed by atoms with Crippen molar-refractivity contribution in [1.82, 2.24) is 0 Å². The third kappa shape index (κ3) is 2.34. The molecule has 1 aliphatic carbocycles. The van der Waals surface area contributed by atoms with Crippen LogP contribution in [0.4, 0.5) is 0 Å². The highest BCUT2D eigenvalue weighted by molar-refractivity contribution is 5.34. The van der Waals surface area contributed by atoms with Crippen molar-refractivity contribution in [1.29, 1.82) is 0 Å². The summed E-state index contributed by atoms with van der Waals surface area (Å²) in [7, 11) is 0. The van der Waals surface area contributed by atoms with Crippen LogP contribution in [0.2, 0.25) is 0 Å². The van der Waals surface area contributed by atoms with E-state index >= 15 is 0 Å². The first-order chi connectivity index (χ1) is 7.59. The summed E-state index contributed by atoms with van der Waals surface area (Å²) >= 11 is 0. The van der Waals surface area contributed by atoms with Gasteiger partial charge in [0.15, 0.2) is 0 Å². The Bertz CT molecular complexity index is 431. The average Bonchev–Trinajstić information content (AvgIpc) is 2.25. The summed E-state index contributed by atoms with van der Waals surface area (Å²) in [6, 6.07) is 10.3. The summed E-state index contributed by atoms with van der Waals surface area (Å²) < 4.78 is 0. The molecule has 0 aliphatic heterocycles. The molecule has 16 heavy (non-hydrogen) atoms. The largest absolute Gasteiger partial charge is 0.399 e. The molecule has 0 saturated carbocycles. The third-order valence-electron chi connectivity index (χ3n) is 3.06. The smallest absolute Gasteiger partial charge is 0.0422 e. The van der Waals surface area contributed by atoms with Gasteiger partial charge in [0, 0.05) is 11.2 Å². The van der Waals surface area contributed by atoms with Gasteiger partial charge in [0.1, 0.15) is 0 Å². The zero-order chi connectivity index (χ0) is 11.6. The first-order valence-corrected chi connectivity index (χ1v) is 5.56. The van der Waals surface area contributed by atoms with Crippen LogP contribution in [0, 0.1) is 0 Å². The van der Waals surface area contributed by atoms with Gasteiger partial charge in [-0.05, 0) is 37.0 Å². The van der Waals surface area contributed by atoms with E-state index in [4.69, 9.17) is 11.5 Å². The lowest BCUT2D eigenvalue weighted by Gasteiger charge is -2.30. The number of hydrogen-bond donors (Lipinski definition) is 2. The number of allylic oxidation sites excluding steroid dienone is 1. The molecule has 1 atom stereocenters. The van der Waals surface area contributed by atoms with Crippen LogP contribution in [0.15, 0.2) is 53.8 Å². The molecule has 1 aromatic carbocycles. The Morgan fingerprint density at radius 2 is 1.94 bits per heavy atom. The van der Waals surface area contributed by atoms with Gasteiger partial charge < -0.3 is 11.5 Å². The van der Waals surface area contributed by atoms with Crippen molar-refractivity contribution in [3.8, 4) is 0 Å². The summed E-state index contributed by atoms with van der Waals surface area (Å²) in [4.78, 5) is 0. The molecule has 0 radical (unpaired) electrons. The van der Waals surface area contributed by atoms with Crippen LogP contribution in [0.5, 0.6) is 0 Å². The van der Waals surface area contributed by atoms with Crippen molar-refractivity contribution in [3.63, 3.8) is 0 Å². The number of rotatable bonds is 2. The van der Waals surface area contributed by atoms with Crippen LogP contribution < -0.4 is 11.5 Å².